The summed E-state index contributed by atoms with van der Waals surface area (Å²) in [4.78, 5) is 0. The highest BCUT2D eigenvalue weighted by Gasteiger charge is 2.18. The van der Waals surface area contributed by atoms with E-state index in [0.29, 0.717) is 0 Å². The van der Waals surface area contributed by atoms with Gasteiger partial charge in [0.2, 0.25) is 8.32 Å². The second kappa shape index (κ2) is 3.37. The second-order valence-corrected chi connectivity index (χ2v) is 8.30. The summed E-state index contributed by atoms with van der Waals surface area (Å²) in [5, 5.41) is 0. The van der Waals surface area contributed by atoms with E-state index in [-0.39, 0.29) is 11.4 Å². The summed E-state index contributed by atoms with van der Waals surface area (Å²) in [5.74, 6) is -0.191. The molecule has 0 spiro atoms. The van der Waals surface area contributed by atoms with Crippen molar-refractivity contribution in [1.29, 1.82) is 0 Å². The van der Waals surface area contributed by atoms with Crippen LogP contribution in [0.2, 0.25) is 19.6 Å². The molecule has 1 rings (SSSR count). The van der Waals surface area contributed by atoms with Crippen molar-refractivity contribution in [3.8, 4) is 5.75 Å². The largest absolute Gasteiger partial charge is 0.542 e. The minimum atomic E-state index is -1.75. The Labute approximate surface area is 78.6 Å². The number of nitrogens with two attached hydrogens (primary N) is 1. The van der Waals surface area contributed by atoms with E-state index in [1.807, 2.05) is 19.6 Å². The molecule has 0 saturated carbocycles. The Morgan fingerprint density at radius 1 is 1.31 bits per heavy atom. The van der Waals surface area contributed by atoms with Crippen molar-refractivity contribution in [3.05, 3.63) is 24.0 Å². The Morgan fingerprint density at radius 3 is 2.46 bits per heavy atom. The van der Waals surface area contributed by atoms with E-state index in [0.717, 1.165) is 0 Å². The second-order valence-electron chi connectivity index (χ2n) is 3.87. The van der Waals surface area contributed by atoms with Crippen LogP contribution < -0.4 is 10.2 Å². The zero-order valence-electron chi connectivity index (χ0n) is 8.10. The number of hydrogen-bond acceptors (Lipinski definition) is 2. The number of benzene rings is 1. The molecule has 0 fully saturated rings. The van der Waals surface area contributed by atoms with Crippen LogP contribution in [0, 0.1) is 5.82 Å². The minimum Gasteiger partial charge on any atom is -0.542 e. The molecule has 0 radical (unpaired) electrons. The van der Waals surface area contributed by atoms with Crippen LogP contribution in [0.15, 0.2) is 18.2 Å². The molecule has 2 nitrogen and oxygen atoms in total. The van der Waals surface area contributed by atoms with Crippen molar-refractivity contribution in [1.82, 2.24) is 0 Å². The Morgan fingerprint density at radius 2 is 1.92 bits per heavy atom. The topological polar surface area (TPSA) is 35.2 Å². The van der Waals surface area contributed by atoms with Crippen LogP contribution in [0.4, 0.5) is 10.1 Å². The van der Waals surface area contributed by atoms with E-state index in [4.69, 9.17) is 10.2 Å². The number of hydrogen-bond donors (Lipinski definition) is 1. The summed E-state index contributed by atoms with van der Waals surface area (Å²) in [6.45, 7) is 5.99. The average molecular weight is 199 g/mol. The lowest BCUT2D eigenvalue weighted by molar-refractivity contribution is 0.498. The Balaban J connectivity index is 2.96. The zero-order valence-corrected chi connectivity index (χ0v) is 9.10. The van der Waals surface area contributed by atoms with Gasteiger partial charge in [0.1, 0.15) is 5.75 Å². The highest BCUT2D eigenvalue weighted by Crippen LogP contribution is 2.24. The molecule has 0 atom stereocenters. The van der Waals surface area contributed by atoms with Crippen LogP contribution in [-0.4, -0.2) is 8.32 Å². The molecule has 0 aliphatic rings. The van der Waals surface area contributed by atoms with Crippen LogP contribution in [-0.2, 0) is 0 Å². The van der Waals surface area contributed by atoms with Crippen LogP contribution in [0.25, 0.3) is 0 Å². The SMILES string of the molecule is C[Si](C)(C)Oc1cccc(N)c1F. The van der Waals surface area contributed by atoms with Crippen molar-refractivity contribution >= 4 is 14.0 Å². The lowest BCUT2D eigenvalue weighted by Crippen LogP contribution is -2.29. The Bertz CT molecular complexity index is 309. The molecule has 0 heterocycles. The summed E-state index contributed by atoms with van der Waals surface area (Å²) < 4.78 is 18.8. The summed E-state index contributed by atoms with van der Waals surface area (Å²) in [6.07, 6.45) is 0. The lowest BCUT2D eigenvalue weighted by Gasteiger charge is -2.19. The van der Waals surface area contributed by atoms with Crippen molar-refractivity contribution in [3.63, 3.8) is 0 Å². The molecule has 13 heavy (non-hydrogen) atoms. The van der Waals surface area contributed by atoms with Gasteiger partial charge < -0.3 is 10.2 Å². The maximum atomic E-state index is 13.3. The fourth-order valence-electron chi connectivity index (χ4n) is 0.936. The molecule has 0 bridgehead atoms. The predicted molar refractivity (Wildman–Crippen MR) is 54.8 cm³/mol. The first kappa shape index (κ1) is 10.1. The number of anilines is 1. The monoisotopic (exact) mass is 199 g/mol. The van der Waals surface area contributed by atoms with Gasteiger partial charge in [0.05, 0.1) is 5.69 Å². The molecular weight excluding hydrogens is 185 g/mol. The normalized spacial score (nSPS) is 11.4. The molecule has 0 unspecified atom stereocenters. The van der Waals surface area contributed by atoms with Gasteiger partial charge in [-0.1, -0.05) is 6.07 Å². The smallest absolute Gasteiger partial charge is 0.242 e. The van der Waals surface area contributed by atoms with Gasteiger partial charge in [-0.25, -0.2) is 4.39 Å². The van der Waals surface area contributed by atoms with Crippen molar-refractivity contribution in [2.24, 2.45) is 0 Å². The molecule has 0 saturated heterocycles. The molecular formula is C9H14FNOSi. The quantitative estimate of drug-likeness (QED) is 0.587. The zero-order chi connectivity index (χ0) is 10.1. The summed E-state index contributed by atoms with van der Waals surface area (Å²) >= 11 is 0. The first-order valence-electron chi connectivity index (χ1n) is 4.13. The fourth-order valence-corrected chi connectivity index (χ4v) is 1.75. The van der Waals surface area contributed by atoms with Crippen LogP contribution in [0.3, 0.4) is 0 Å². The van der Waals surface area contributed by atoms with Gasteiger partial charge in [-0.15, -0.1) is 0 Å². The number of halogens is 1. The highest BCUT2D eigenvalue weighted by atomic mass is 28.4. The van der Waals surface area contributed by atoms with Crippen LogP contribution >= 0.6 is 0 Å². The molecule has 0 amide bonds. The molecule has 2 N–H and O–H groups in total. The van der Waals surface area contributed by atoms with E-state index >= 15 is 0 Å². The predicted octanol–water partition coefficient (Wildman–Crippen LogP) is 2.62. The summed E-state index contributed by atoms with van der Waals surface area (Å²) in [6, 6.07) is 4.81. The highest BCUT2D eigenvalue weighted by molar-refractivity contribution is 6.70. The maximum absolute atomic E-state index is 13.3. The molecule has 0 aromatic heterocycles. The van der Waals surface area contributed by atoms with Crippen LogP contribution in [0.5, 0.6) is 5.75 Å². The van der Waals surface area contributed by atoms with Gasteiger partial charge in [-0.2, -0.15) is 0 Å². The first-order valence-corrected chi connectivity index (χ1v) is 7.54. The fraction of sp³-hybridized carbons (Fsp3) is 0.333. The minimum absolute atomic E-state index is 0.135. The van der Waals surface area contributed by atoms with Gasteiger partial charge in [-0.05, 0) is 31.8 Å². The maximum Gasteiger partial charge on any atom is 0.242 e. The van der Waals surface area contributed by atoms with Gasteiger partial charge in [-0.3, -0.25) is 0 Å². The molecule has 0 aliphatic carbocycles. The van der Waals surface area contributed by atoms with Gasteiger partial charge in [0, 0.05) is 0 Å². The van der Waals surface area contributed by atoms with Gasteiger partial charge in [0.25, 0.3) is 0 Å². The number of rotatable bonds is 2. The van der Waals surface area contributed by atoms with E-state index < -0.39 is 14.1 Å². The third-order valence-corrected chi connectivity index (χ3v) is 2.24. The van der Waals surface area contributed by atoms with Gasteiger partial charge in [0.15, 0.2) is 5.82 Å². The third-order valence-electron chi connectivity index (χ3n) is 1.41. The van der Waals surface area contributed by atoms with E-state index in [2.05, 4.69) is 0 Å². The Hall–Kier alpha value is -1.03. The third kappa shape index (κ3) is 2.73. The first-order chi connectivity index (χ1) is 5.90. The van der Waals surface area contributed by atoms with E-state index in [9.17, 15) is 4.39 Å². The molecule has 4 heteroatoms. The molecule has 72 valence electrons. The van der Waals surface area contributed by atoms with E-state index in [1.165, 1.54) is 6.07 Å². The molecule has 1 aromatic carbocycles. The molecule has 1 aromatic rings. The Kier molecular flexibility index (Phi) is 2.61. The molecule has 0 aliphatic heterocycles. The summed E-state index contributed by atoms with van der Waals surface area (Å²) in [5.41, 5.74) is 5.53. The lowest BCUT2D eigenvalue weighted by atomic mass is 10.3. The summed E-state index contributed by atoms with van der Waals surface area (Å²) in [7, 11) is -1.75. The number of nitrogen functional groups attached to an aromatic ring is 1. The van der Waals surface area contributed by atoms with Gasteiger partial charge >= 0.3 is 0 Å². The average Bonchev–Trinajstić information content (AvgIpc) is 1.96. The van der Waals surface area contributed by atoms with Crippen molar-refractivity contribution in [2.75, 3.05) is 5.73 Å². The van der Waals surface area contributed by atoms with Crippen molar-refractivity contribution < 1.29 is 8.82 Å². The standard InChI is InChI=1S/C9H14FNOSi/c1-13(2,3)12-8-6-4-5-7(11)9(8)10/h4-6H,11H2,1-3H3. The van der Waals surface area contributed by atoms with E-state index in [1.54, 1.807) is 12.1 Å². The van der Waals surface area contributed by atoms with Crippen molar-refractivity contribution in [2.45, 2.75) is 19.6 Å². The van der Waals surface area contributed by atoms with Crippen LogP contribution in [0.1, 0.15) is 0 Å².